The molecule has 0 fully saturated rings. The molecule has 0 atom stereocenters. The SMILES string of the molecule is Cc1ccc(NC(=O)CC/C(CC(=O)C(C)(C)C)=N/NC(=O)c2cc3ccccc3cc2O)cc1C. The van der Waals surface area contributed by atoms with Gasteiger partial charge in [-0.1, -0.05) is 51.1 Å². The molecule has 7 nitrogen and oxygen atoms in total. The van der Waals surface area contributed by atoms with Gasteiger partial charge in [0.1, 0.15) is 11.5 Å². The number of phenols is 1. The van der Waals surface area contributed by atoms with Crippen LogP contribution in [0.4, 0.5) is 5.69 Å². The first-order valence-corrected chi connectivity index (χ1v) is 11.9. The zero-order valence-corrected chi connectivity index (χ0v) is 21.4. The van der Waals surface area contributed by atoms with Gasteiger partial charge in [-0.2, -0.15) is 5.10 Å². The molecule has 0 aliphatic rings. The molecule has 0 aliphatic heterocycles. The standard InChI is InChI=1S/C29H33N3O4/c1-18-10-11-22(14-19(18)2)30-27(35)13-12-23(17-26(34)29(3,4)5)31-32-28(36)24-15-20-8-6-7-9-21(20)16-25(24)33/h6-11,14-16,33H,12-13,17H2,1-5H3,(H,30,35)(H,32,36)/b31-23-. The molecule has 0 saturated carbocycles. The molecule has 3 rings (SSSR count). The van der Waals surface area contributed by atoms with Crippen molar-refractivity contribution in [3.63, 3.8) is 0 Å². The highest BCUT2D eigenvalue weighted by atomic mass is 16.3. The van der Waals surface area contributed by atoms with Crippen molar-refractivity contribution in [2.75, 3.05) is 5.32 Å². The number of anilines is 1. The third-order valence-electron chi connectivity index (χ3n) is 6.06. The predicted octanol–water partition coefficient (Wildman–Crippen LogP) is 5.67. The van der Waals surface area contributed by atoms with Crippen LogP contribution in [0.25, 0.3) is 10.8 Å². The zero-order valence-electron chi connectivity index (χ0n) is 21.4. The van der Waals surface area contributed by atoms with Crippen LogP contribution in [0.15, 0.2) is 59.7 Å². The van der Waals surface area contributed by atoms with Crippen LogP contribution in [0.2, 0.25) is 0 Å². The van der Waals surface area contributed by atoms with Gasteiger partial charge in [-0.15, -0.1) is 0 Å². The number of ketones is 1. The molecule has 3 aromatic carbocycles. The Labute approximate surface area is 211 Å². The Balaban J connectivity index is 1.73. The fraction of sp³-hybridized carbons (Fsp3) is 0.310. The van der Waals surface area contributed by atoms with Gasteiger partial charge in [-0.05, 0) is 66.4 Å². The van der Waals surface area contributed by atoms with Crippen LogP contribution in [-0.4, -0.2) is 28.4 Å². The molecule has 0 aromatic heterocycles. The summed E-state index contributed by atoms with van der Waals surface area (Å²) < 4.78 is 0. The van der Waals surface area contributed by atoms with E-state index >= 15 is 0 Å². The van der Waals surface area contributed by atoms with Gasteiger partial charge in [-0.25, -0.2) is 5.43 Å². The second-order valence-corrected chi connectivity index (χ2v) is 10.0. The maximum absolute atomic E-state index is 12.8. The second-order valence-electron chi connectivity index (χ2n) is 10.0. The molecule has 188 valence electrons. The van der Waals surface area contributed by atoms with Crippen molar-refractivity contribution >= 4 is 39.8 Å². The minimum atomic E-state index is -0.599. The molecule has 0 bridgehead atoms. The maximum Gasteiger partial charge on any atom is 0.275 e. The molecule has 0 radical (unpaired) electrons. The molecule has 0 unspecified atom stereocenters. The summed E-state index contributed by atoms with van der Waals surface area (Å²) in [5, 5.41) is 19.0. The van der Waals surface area contributed by atoms with Crippen molar-refractivity contribution in [2.24, 2.45) is 10.5 Å². The third-order valence-corrected chi connectivity index (χ3v) is 6.06. The summed E-state index contributed by atoms with van der Waals surface area (Å²) in [4.78, 5) is 38.0. The summed E-state index contributed by atoms with van der Waals surface area (Å²) in [7, 11) is 0. The number of benzene rings is 3. The Morgan fingerprint density at radius 2 is 1.56 bits per heavy atom. The number of aryl methyl sites for hydroxylation is 2. The minimum absolute atomic E-state index is 0.00437. The van der Waals surface area contributed by atoms with E-state index in [2.05, 4.69) is 15.8 Å². The number of hydrazone groups is 1. The molecule has 0 spiro atoms. The number of hydrogen-bond donors (Lipinski definition) is 3. The summed E-state index contributed by atoms with van der Waals surface area (Å²) in [6.07, 6.45) is 0.299. The number of amides is 2. The van der Waals surface area contributed by atoms with Gasteiger partial charge in [0.2, 0.25) is 5.91 Å². The van der Waals surface area contributed by atoms with E-state index in [-0.39, 0.29) is 42.3 Å². The highest BCUT2D eigenvalue weighted by Crippen LogP contribution is 2.25. The number of aromatic hydroxyl groups is 1. The van der Waals surface area contributed by atoms with Gasteiger partial charge in [0.15, 0.2) is 0 Å². The quantitative estimate of drug-likeness (QED) is 0.281. The van der Waals surface area contributed by atoms with Crippen LogP contribution < -0.4 is 10.7 Å². The van der Waals surface area contributed by atoms with Crippen LogP contribution in [-0.2, 0) is 9.59 Å². The number of carbonyl (C=O) groups excluding carboxylic acids is 3. The number of carbonyl (C=O) groups is 3. The monoisotopic (exact) mass is 487 g/mol. The van der Waals surface area contributed by atoms with Gasteiger partial charge in [0, 0.05) is 29.7 Å². The maximum atomic E-state index is 12.8. The van der Waals surface area contributed by atoms with Gasteiger partial charge in [0.05, 0.1) is 5.56 Å². The first kappa shape index (κ1) is 26.6. The normalized spacial score (nSPS) is 11.9. The molecular formula is C29H33N3O4. The second kappa shape index (κ2) is 11.2. The highest BCUT2D eigenvalue weighted by Gasteiger charge is 2.23. The van der Waals surface area contributed by atoms with Crippen molar-refractivity contribution in [1.82, 2.24) is 5.43 Å². The lowest BCUT2D eigenvalue weighted by molar-refractivity contribution is -0.125. The van der Waals surface area contributed by atoms with Crippen molar-refractivity contribution in [2.45, 2.75) is 53.9 Å². The van der Waals surface area contributed by atoms with E-state index in [9.17, 15) is 19.5 Å². The molecule has 3 N–H and O–H groups in total. The number of hydrogen-bond acceptors (Lipinski definition) is 5. The van der Waals surface area contributed by atoms with Gasteiger partial charge < -0.3 is 10.4 Å². The van der Waals surface area contributed by atoms with Crippen molar-refractivity contribution in [3.05, 3.63) is 71.3 Å². The molecular weight excluding hydrogens is 454 g/mol. The Morgan fingerprint density at radius 1 is 0.889 bits per heavy atom. The average Bonchev–Trinajstić information content (AvgIpc) is 2.81. The fourth-order valence-corrected chi connectivity index (χ4v) is 3.54. The summed E-state index contributed by atoms with van der Waals surface area (Å²) in [5.74, 6) is -1.04. The van der Waals surface area contributed by atoms with Gasteiger partial charge in [0.25, 0.3) is 5.91 Å². The fourth-order valence-electron chi connectivity index (χ4n) is 3.54. The summed E-state index contributed by atoms with van der Waals surface area (Å²) in [5.41, 5.74) is 5.23. The van der Waals surface area contributed by atoms with Crippen LogP contribution in [0.5, 0.6) is 5.75 Å². The number of phenolic OH excluding ortho intramolecular Hbond substituents is 1. The van der Waals surface area contributed by atoms with Gasteiger partial charge >= 0.3 is 0 Å². The van der Waals surface area contributed by atoms with Crippen molar-refractivity contribution in [1.29, 1.82) is 0 Å². The summed E-state index contributed by atoms with van der Waals surface area (Å²) in [6.45, 7) is 9.41. The number of rotatable bonds is 8. The van der Waals surface area contributed by atoms with Crippen molar-refractivity contribution in [3.8, 4) is 5.75 Å². The lowest BCUT2D eigenvalue weighted by Crippen LogP contribution is -2.26. The van der Waals surface area contributed by atoms with E-state index in [1.165, 1.54) is 6.07 Å². The average molecular weight is 488 g/mol. The smallest absolute Gasteiger partial charge is 0.275 e. The lowest BCUT2D eigenvalue weighted by atomic mass is 9.87. The molecule has 0 aliphatic carbocycles. The van der Waals surface area contributed by atoms with Crippen LogP contribution in [0.1, 0.15) is 61.5 Å². The van der Waals surface area contributed by atoms with Crippen LogP contribution in [0, 0.1) is 19.3 Å². The van der Waals surface area contributed by atoms with E-state index < -0.39 is 11.3 Å². The van der Waals surface area contributed by atoms with E-state index in [0.29, 0.717) is 11.4 Å². The Morgan fingerprint density at radius 3 is 2.19 bits per heavy atom. The third kappa shape index (κ3) is 7.01. The van der Waals surface area contributed by atoms with E-state index in [1.54, 1.807) is 6.07 Å². The molecule has 2 amide bonds. The number of nitrogens with one attached hydrogen (secondary N) is 2. The number of nitrogens with zero attached hydrogens (tertiary/aromatic N) is 1. The first-order chi connectivity index (χ1) is 16.9. The molecule has 7 heteroatoms. The van der Waals surface area contributed by atoms with E-state index in [1.807, 2.05) is 77.1 Å². The van der Waals surface area contributed by atoms with E-state index in [0.717, 1.165) is 21.9 Å². The van der Waals surface area contributed by atoms with Crippen LogP contribution in [0.3, 0.4) is 0 Å². The molecule has 0 heterocycles. The van der Waals surface area contributed by atoms with Crippen LogP contribution >= 0.6 is 0 Å². The largest absolute Gasteiger partial charge is 0.507 e. The Kier molecular flexibility index (Phi) is 8.25. The highest BCUT2D eigenvalue weighted by molar-refractivity contribution is 6.06. The zero-order chi connectivity index (χ0) is 26.5. The summed E-state index contributed by atoms with van der Waals surface area (Å²) in [6, 6.07) is 16.2. The minimum Gasteiger partial charge on any atom is -0.507 e. The summed E-state index contributed by atoms with van der Waals surface area (Å²) >= 11 is 0. The first-order valence-electron chi connectivity index (χ1n) is 11.9. The molecule has 3 aromatic rings. The lowest BCUT2D eigenvalue weighted by Gasteiger charge is -2.17. The topological polar surface area (TPSA) is 108 Å². The Hall–Kier alpha value is -4.00. The number of Topliss-reactive ketones (excluding diaryl/α,β-unsaturated/α-hetero) is 1. The van der Waals surface area contributed by atoms with Crippen molar-refractivity contribution < 1.29 is 19.5 Å². The predicted molar refractivity (Wildman–Crippen MR) is 143 cm³/mol. The molecule has 0 saturated heterocycles. The Bertz CT molecular complexity index is 1340. The van der Waals surface area contributed by atoms with E-state index in [4.69, 9.17) is 0 Å². The van der Waals surface area contributed by atoms with Gasteiger partial charge in [-0.3, -0.25) is 14.4 Å². The number of fused-ring (bicyclic) bond motifs is 1. The molecule has 36 heavy (non-hydrogen) atoms.